The van der Waals surface area contributed by atoms with Crippen LogP contribution >= 0.6 is 11.6 Å². The number of nitrogens with zero attached hydrogens (tertiary/aromatic N) is 2. The molecule has 2 aromatic rings. The van der Waals surface area contributed by atoms with Crippen LogP contribution in [0.1, 0.15) is 26.3 Å². The molecule has 0 bridgehead atoms. The minimum Gasteiger partial charge on any atom is -0.477 e. The molecule has 3 amide bonds. The van der Waals surface area contributed by atoms with Crippen LogP contribution in [0.5, 0.6) is 11.5 Å². The summed E-state index contributed by atoms with van der Waals surface area (Å²) in [5.41, 5.74) is 0.0430. The third-order valence-electron chi connectivity index (χ3n) is 4.44. The van der Waals surface area contributed by atoms with Crippen molar-refractivity contribution in [2.24, 2.45) is 0 Å². The van der Waals surface area contributed by atoms with E-state index >= 15 is 0 Å². The van der Waals surface area contributed by atoms with E-state index in [4.69, 9.17) is 21.1 Å². The van der Waals surface area contributed by atoms with E-state index in [-0.39, 0.29) is 17.5 Å². The van der Waals surface area contributed by atoms with Gasteiger partial charge in [-0.25, -0.2) is 14.4 Å². The summed E-state index contributed by atoms with van der Waals surface area (Å²) in [6.45, 7) is 6.70. The summed E-state index contributed by atoms with van der Waals surface area (Å²) >= 11 is 5.97. The van der Waals surface area contributed by atoms with Crippen molar-refractivity contribution in [3.05, 3.63) is 53.1 Å². The predicted molar refractivity (Wildman–Crippen MR) is 125 cm³/mol. The zero-order valence-corrected chi connectivity index (χ0v) is 20.1. The summed E-state index contributed by atoms with van der Waals surface area (Å²) in [4.78, 5) is 39.5. The molecular weight excluding hydrogens is 450 g/mol. The molecule has 0 aliphatic heterocycles. The highest BCUT2D eigenvalue weighted by molar-refractivity contribution is 6.30. The molecule has 0 saturated heterocycles. The minimum absolute atomic E-state index is 0.123. The van der Waals surface area contributed by atoms with E-state index in [0.29, 0.717) is 16.3 Å². The molecule has 9 nitrogen and oxygen atoms in total. The highest BCUT2D eigenvalue weighted by atomic mass is 35.5. The quantitative estimate of drug-likeness (QED) is 0.577. The van der Waals surface area contributed by atoms with E-state index in [1.165, 1.54) is 23.1 Å². The smallest absolute Gasteiger partial charge is 0.419 e. The number of carboxylic acid groups (broad SMARTS) is 1. The van der Waals surface area contributed by atoms with Gasteiger partial charge in [0.25, 0.3) is 6.23 Å². The van der Waals surface area contributed by atoms with Gasteiger partial charge in [0.2, 0.25) is 0 Å². The van der Waals surface area contributed by atoms with Gasteiger partial charge in [-0.05, 0) is 63.6 Å². The molecule has 1 unspecified atom stereocenters. The van der Waals surface area contributed by atoms with Crippen LogP contribution in [0, 0.1) is 6.92 Å². The Morgan fingerprint density at radius 1 is 1.09 bits per heavy atom. The van der Waals surface area contributed by atoms with E-state index < -0.39 is 23.8 Å². The predicted octanol–water partition coefficient (Wildman–Crippen LogP) is 4.83. The Bertz CT molecular complexity index is 1040. The van der Waals surface area contributed by atoms with Crippen molar-refractivity contribution < 1.29 is 29.0 Å². The average Bonchev–Trinajstić information content (AvgIpc) is 2.68. The molecule has 2 rings (SSSR count). The zero-order chi connectivity index (χ0) is 24.9. The Hall–Kier alpha value is -3.46. The first-order chi connectivity index (χ1) is 15.3. The minimum atomic E-state index is -1.67. The van der Waals surface area contributed by atoms with Gasteiger partial charge < -0.3 is 24.8 Å². The Morgan fingerprint density at radius 3 is 2.30 bits per heavy atom. The van der Waals surface area contributed by atoms with E-state index in [1.54, 1.807) is 66.1 Å². The molecule has 0 heterocycles. The molecule has 178 valence electrons. The van der Waals surface area contributed by atoms with Crippen LogP contribution in [0.3, 0.4) is 0 Å². The monoisotopic (exact) mass is 477 g/mol. The first-order valence-electron chi connectivity index (χ1n) is 10.0. The van der Waals surface area contributed by atoms with Gasteiger partial charge in [0.05, 0.1) is 0 Å². The third kappa shape index (κ3) is 7.01. The number of carboxylic acids is 1. The fourth-order valence-corrected chi connectivity index (χ4v) is 3.05. The van der Waals surface area contributed by atoms with E-state index in [0.717, 1.165) is 4.90 Å². The number of aliphatic carboxylic acids is 1. The van der Waals surface area contributed by atoms with E-state index in [2.05, 4.69) is 5.32 Å². The zero-order valence-electron chi connectivity index (χ0n) is 19.4. The number of hydrogen-bond donors (Lipinski definition) is 2. The molecule has 0 saturated carbocycles. The fraction of sp³-hybridized carbons (Fsp3) is 0.348. The van der Waals surface area contributed by atoms with Gasteiger partial charge in [-0.1, -0.05) is 17.7 Å². The van der Waals surface area contributed by atoms with Crippen molar-refractivity contribution in [2.45, 2.75) is 39.5 Å². The largest absolute Gasteiger partial charge is 0.477 e. The lowest BCUT2D eigenvalue weighted by Crippen LogP contribution is -2.58. The second-order valence-electron chi connectivity index (χ2n) is 8.48. The van der Waals surface area contributed by atoms with Crippen LogP contribution in [0.4, 0.5) is 15.3 Å². The molecule has 1 atom stereocenters. The third-order valence-corrected chi connectivity index (χ3v) is 4.67. The average molecular weight is 478 g/mol. The van der Waals surface area contributed by atoms with Crippen LogP contribution in [-0.2, 0) is 4.79 Å². The van der Waals surface area contributed by atoms with Crippen molar-refractivity contribution in [2.75, 3.05) is 19.4 Å². The number of ether oxygens (including phenoxy) is 2. The Balaban J connectivity index is 2.32. The summed E-state index contributed by atoms with van der Waals surface area (Å²) in [6.07, 6.45) is -2.60. The number of halogens is 1. The van der Waals surface area contributed by atoms with Crippen molar-refractivity contribution in [1.82, 2.24) is 9.80 Å². The molecule has 2 aromatic carbocycles. The molecule has 2 N–H and O–H groups in total. The molecule has 0 spiro atoms. The molecule has 0 radical (unpaired) electrons. The van der Waals surface area contributed by atoms with Gasteiger partial charge in [0.1, 0.15) is 11.5 Å². The van der Waals surface area contributed by atoms with Gasteiger partial charge in [0.15, 0.2) is 0 Å². The number of amides is 3. The van der Waals surface area contributed by atoms with Crippen LogP contribution < -0.4 is 14.8 Å². The van der Waals surface area contributed by atoms with Gasteiger partial charge in [-0.15, -0.1) is 0 Å². The molecule has 0 aliphatic carbocycles. The van der Waals surface area contributed by atoms with Crippen molar-refractivity contribution in [3.63, 3.8) is 0 Å². The van der Waals surface area contributed by atoms with Crippen molar-refractivity contribution >= 4 is 35.4 Å². The molecule has 33 heavy (non-hydrogen) atoms. The van der Waals surface area contributed by atoms with Crippen molar-refractivity contribution in [3.8, 4) is 11.5 Å². The first kappa shape index (κ1) is 25.8. The maximum Gasteiger partial charge on any atom is 0.419 e. The number of hydrogen-bond acceptors (Lipinski definition) is 5. The van der Waals surface area contributed by atoms with Crippen LogP contribution in [-0.4, -0.2) is 58.9 Å². The fourth-order valence-electron chi connectivity index (χ4n) is 2.82. The summed E-state index contributed by atoms with van der Waals surface area (Å²) in [5.74, 6) is -0.983. The number of rotatable bonds is 6. The summed E-state index contributed by atoms with van der Waals surface area (Å²) < 4.78 is 11.2. The Morgan fingerprint density at radius 2 is 1.76 bits per heavy atom. The van der Waals surface area contributed by atoms with Gasteiger partial charge in [0, 0.05) is 36.4 Å². The number of urea groups is 1. The lowest BCUT2D eigenvalue weighted by atomic mass is 10.1. The number of benzene rings is 2. The second-order valence-corrected chi connectivity index (χ2v) is 8.92. The lowest BCUT2D eigenvalue weighted by Gasteiger charge is -2.38. The van der Waals surface area contributed by atoms with Crippen molar-refractivity contribution in [1.29, 1.82) is 0 Å². The van der Waals surface area contributed by atoms with Gasteiger partial charge >= 0.3 is 18.1 Å². The SMILES string of the molecule is Cc1cc(Cl)ccc1OC(C(=O)O)N(C(=O)Oc1cccc(NC(=O)N(C)C)c1)C(C)(C)C. The maximum absolute atomic E-state index is 13.1. The number of nitrogens with one attached hydrogen (secondary N) is 1. The first-order valence-corrected chi connectivity index (χ1v) is 10.4. The Kier molecular flexibility index (Phi) is 8.16. The molecule has 0 aliphatic rings. The number of carbonyl (C=O) groups is 3. The van der Waals surface area contributed by atoms with Gasteiger partial charge in [-0.2, -0.15) is 0 Å². The number of carbonyl (C=O) groups excluding carboxylic acids is 2. The number of anilines is 1. The highest BCUT2D eigenvalue weighted by Gasteiger charge is 2.41. The van der Waals surface area contributed by atoms with Gasteiger partial charge in [-0.3, -0.25) is 4.90 Å². The Labute approximate surface area is 197 Å². The molecule has 0 fully saturated rings. The summed E-state index contributed by atoms with van der Waals surface area (Å²) in [7, 11) is 3.18. The van der Waals surface area contributed by atoms with E-state index in [1.807, 2.05) is 0 Å². The second kappa shape index (κ2) is 10.4. The standard InChI is InChI=1S/C23H28ClN3O6/c1-14-12-15(24)10-11-18(14)33-19(20(28)29)27(23(2,3)4)22(31)32-17-9-7-8-16(13-17)25-21(30)26(5)6/h7-13,19H,1-6H3,(H,25,30)(H,28,29). The van der Waals surface area contributed by atoms with Crippen LogP contribution in [0.2, 0.25) is 5.02 Å². The lowest BCUT2D eigenvalue weighted by molar-refractivity contribution is -0.156. The highest BCUT2D eigenvalue weighted by Crippen LogP contribution is 2.27. The number of aryl methyl sites for hydroxylation is 1. The summed E-state index contributed by atoms with van der Waals surface area (Å²) in [6, 6.07) is 10.6. The molecule has 0 aromatic heterocycles. The molecular formula is C23H28ClN3O6. The van der Waals surface area contributed by atoms with Crippen LogP contribution in [0.15, 0.2) is 42.5 Å². The maximum atomic E-state index is 13.1. The molecule has 10 heteroatoms. The van der Waals surface area contributed by atoms with E-state index in [9.17, 15) is 19.5 Å². The topological polar surface area (TPSA) is 108 Å². The normalized spacial score (nSPS) is 11.8. The summed E-state index contributed by atoms with van der Waals surface area (Å²) in [5, 5.41) is 13.0. The van der Waals surface area contributed by atoms with Crippen LogP contribution in [0.25, 0.3) is 0 Å².